The summed E-state index contributed by atoms with van der Waals surface area (Å²) < 4.78 is 2.06. The number of carbonyl (C=O) groups excluding carboxylic acids is 1. The first kappa shape index (κ1) is 17.0. The lowest BCUT2D eigenvalue weighted by Crippen LogP contribution is -2.33. The Labute approximate surface area is 157 Å². The van der Waals surface area contributed by atoms with Crippen molar-refractivity contribution in [3.05, 3.63) is 42.7 Å². The summed E-state index contributed by atoms with van der Waals surface area (Å²) >= 11 is 0. The SMILES string of the molecule is CCC1(C#N)CCN(c2ccnc(Nc3ccc4c(ccn4C)c3)n2)C1=O. The van der Waals surface area contributed by atoms with Crippen molar-refractivity contribution in [2.45, 2.75) is 19.8 Å². The Hall–Kier alpha value is -3.40. The van der Waals surface area contributed by atoms with Gasteiger partial charge in [-0.25, -0.2) is 4.98 Å². The molecule has 1 unspecified atom stereocenters. The van der Waals surface area contributed by atoms with Crippen LogP contribution >= 0.6 is 0 Å². The first-order valence-corrected chi connectivity index (χ1v) is 8.95. The molecule has 136 valence electrons. The molecular formula is C20H20N6O. The highest BCUT2D eigenvalue weighted by Crippen LogP contribution is 2.36. The van der Waals surface area contributed by atoms with Crippen LogP contribution in [0.2, 0.25) is 0 Å². The van der Waals surface area contributed by atoms with Crippen LogP contribution in [0, 0.1) is 16.7 Å². The number of nitrogens with zero attached hydrogens (tertiary/aromatic N) is 5. The van der Waals surface area contributed by atoms with E-state index in [4.69, 9.17) is 0 Å². The van der Waals surface area contributed by atoms with Crippen molar-refractivity contribution >= 4 is 34.3 Å². The van der Waals surface area contributed by atoms with Gasteiger partial charge in [-0.05, 0) is 43.2 Å². The van der Waals surface area contributed by atoms with Gasteiger partial charge in [-0.3, -0.25) is 9.69 Å². The summed E-state index contributed by atoms with van der Waals surface area (Å²) in [6, 6.07) is 12.0. The van der Waals surface area contributed by atoms with Crippen LogP contribution in [0.5, 0.6) is 0 Å². The maximum Gasteiger partial charge on any atom is 0.248 e. The summed E-state index contributed by atoms with van der Waals surface area (Å²) in [5.74, 6) is 0.758. The van der Waals surface area contributed by atoms with Gasteiger partial charge in [0.2, 0.25) is 11.9 Å². The van der Waals surface area contributed by atoms with Crippen molar-refractivity contribution in [3.8, 4) is 6.07 Å². The largest absolute Gasteiger partial charge is 0.351 e. The molecule has 1 atom stereocenters. The van der Waals surface area contributed by atoms with Gasteiger partial charge >= 0.3 is 0 Å². The van der Waals surface area contributed by atoms with Crippen molar-refractivity contribution in [2.24, 2.45) is 12.5 Å². The lowest BCUT2D eigenvalue weighted by molar-refractivity contribution is -0.123. The summed E-state index contributed by atoms with van der Waals surface area (Å²) in [5, 5.41) is 13.8. The number of hydrogen-bond donors (Lipinski definition) is 1. The number of fused-ring (bicyclic) bond motifs is 1. The molecule has 7 nitrogen and oxygen atoms in total. The number of aromatic nitrogens is 3. The van der Waals surface area contributed by atoms with Crippen molar-refractivity contribution in [2.75, 3.05) is 16.8 Å². The molecule has 1 N–H and O–H groups in total. The van der Waals surface area contributed by atoms with Gasteiger partial charge < -0.3 is 9.88 Å². The maximum absolute atomic E-state index is 12.7. The average Bonchev–Trinajstić information content (AvgIpc) is 3.22. The third-order valence-electron chi connectivity index (χ3n) is 5.29. The van der Waals surface area contributed by atoms with Crippen LogP contribution in [-0.2, 0) is 11.8 Å². The lowest BCUT2D eigenvalue weighted by atomic mass is 9.85. The minimum Gasteiger partial charge on any atom is -0.351 e. The van der Waals surface area contributed by atoms with Crippen LogP contribution in [0.4, 0.5) is 17.5 Å². The first-order valence-electron chi connectivity index (χ1n) is 8.95. The number of hydrogen-bond acceptors (Lipinski definition) is 5. The summed E-state index contributed by atoms with van der Waals surface area (Å²) in [5.41, 5.74) is 1.08. The zero-order chi connectivity index (χ0) is 19.0. The fourth-order valence-corrected chi connectivity index (χ4v) is 3.55. The number of nitriles is 1. The molecule has 3 aromatic rings. The highest BCUT2D eigenvalue weighted by Gasteiger charge is 2.46. The molecule has 2 aromatic heterocycles. The summed E-state index contributed by atoms with van der Waals surface area (Å²) in [4.78, 5) is 23.1. The molecule has 0 spiro atoms. The minimum absolute atomic E-state index is 0.178. The van der Waals surface area contributed by atoms with E-state index in [-0.39, 0.29) is 5.91 Å². The average molecular weight is 360 g/mol. The van der Waals surface area contributed by atoms with E-state index in [0.29, 0.717) is 31.2 Å². The van der Waals surface area contributed by atoms with Gasteiger partial charge in [0.15, 0.2) is 0 Å². The third-order valence-corrected chi connectivity index (χ3v) is 5.29. The van der Waals surface area contributed by atoms with Crippen LogP contribution in [-0.4, -0.2) is 27.0 Å². The third kappa shape index (κ3) is 2.79. The van der Waals surface area contributed by atoms with Crippen LogP contribution in [0.1, 0.15) is 19.8 Å². The van der Waals surface area contributed by atoms with Gasteiger partial charge in [0.05, 0.1) is 6.07 Å². The van der Waals surface area contributed by atoms with E-state index in [9.17, 15) is 10.1 Å². The molecule has 0 saturated carbocycles. The second-order valence-electron chi connectivity index (χ2n) is 6.82. The molecule has 1 aliphatic rings. The van der Waals surface area contributed by atoms with E-state index in [1.165, 1.54) is 0 Å². The van der Waals surface area contributed by atoms with E-state index >= 15 is 0 Å². The Morgan fingerprint density at radius 1 is 1.33 bits per heavy atom. The van der Waals surface area contributed by atoms with Gasteiger partial charge in [-0.2, -0.15) is 10.2 Å². The number of aryl methyl sites for hydroxylation is 1. The highest BCUT2D eigenvalue weighted by atomic mass is 16.2. The van der Waals surface area contributed by atoms with E-state index in [1.807, 2.05) is 44.4 Å². The molecule has 0 radical (unpaired) electrons. The van der Waals surface area contributed by atoms with Gasteiger partial charge in [-0.15, -0.1) is 0 Å². The topological polar surface area (TPSA) is 86.8 Å². The summed E-state index contributed by atoms with van der Waals surface area (Å²) in [6.07, 6.45) is 4.67. The Balaban J connectivity index is 1.59. The first-order chi connectivity index (χ1) is 13.1. The van der Waals surface area contributed by atoms with E-state index < -0.39 is 5.41 Å². The zero-order valence-corrected chi connectivity index (χ0v) is 15.3. The smallest absolute Gasteiger partial charge is 0.248 e. The molecule has 1 aliphatic heterocycles. The van der Waals surface area contributed by atoms with Crippen LogP contribution in [0.25, 0.3) is 10.9 Å². The van der Waals surface area contributed by atoms with Crippen molar-refractivity contribution in [1.29, 1.82) is 5.26 Å². The van der Waals surface area contributed by atoms with Crippen molar-refractivity contribution < 1.29 is 4.79 Å². The number of amides is 1. The van der Waals surface area contributed by atoms with Gasteiger partial charge in [-0.1, -0.05) is 6.92 Å². The van der Waals surface area contributed by atoms with Crippen LogP contribution < -0.4 is 10.2 Å². The molecule has 4 rings (SSSR count). The Kier molecular flexibility index (Phi) is 4.04. The molecule has 1 aromatic carbocycles. The maximum atomic E-state index is 12.7. The van der Waals surface area contributed by atoms with E-state index in [1.54, 1.807) is 17.2 Å². The molecule has 27 heavy (non-hydrogen) atoms. The van der Waals surface area contributed by atoms with Crippen LogP contribution in [0.3, 0.4) is 0 Å². The fourth-order valence-electron chi connectivity index (χ4n) is 3.55. The summed E-state index contributed by atoms with van der Waals surface area (Å²) in [6.45, 7) is 2.37. The number of rotatable bonds is 4. The Bertz CT molecular complexity index is 1070. The van der Waals surface area contributed by atoms with Crippen LogP contribution in [0.15, 0.2) is 42.7 Å². The summed E-state index contributed by atoms with van der Waals surface area (Å²) in [7, 11) is 2.01. The van der Waals surface area contributed by atoms with Gasteiger partial charge in [0, 0.05) is 42.6 Å². The molecule has 1 amide bonds. The monoisotopic (exact) mass is 360 g/mol. The quantitative estimate of drug-likeness (QED) is 0.771. The molecule has 7 heteroatoms. The highest BCUT2D eigenvalue weighted by molar-refractivity contribution is 6.01. The number of nitrogens with one attached hydrogen (secondary N) is 1. The molecular weight excluding hydrogens is 340 g/mol. The normalized spacial score (nSPS) is 19.4. The van der Waals surface area contributed by atoms with E-state index in [0.717, 1.165) is 16.6 Å². The Morgan fingerprint density at radius 3 is 2.93 bits per heavy atom. The standard InChI is InChI=1S/C20H20N6O/c1-3-20(13-21)8-11-26(18(20)27)17-6-9-22-19(24-17)23-15-4-5-16-14(12-15)7-10-25(16)2/h4-7,9-10,12H,3,8,11H2,1-2H3,(H,22,23,24). The van der Waals surface area contributed by atoms with E-state index in [2.05, 4.69) is 25.9 Å². The Morgan fingerprint density at radius 2 is 2.19 bits per heavy atom. The second kappa shape index (κ2) is 6.40. The number of anilines is 3. The molecule has 1 fully saturated rings. The number of benzene rings is 1. The zero-order valence-electron chi connectivity index (χ0n) is 15.3. The predicted octanol–water partition coefficient (Wildman–Crippen LogP) is 3.37. The molecule has 0 bridgehead atoms. The molecule has 1 saturated heterocycles. The van der Waals surface area contributed by atoms with Crippen molar-refractivity contribution in [1.82, 2.24) is 14.5 Å². The fraction of sp³-hybridized carbons (Fsp3) is 0.300. The van der Waals surface area contributed by atoms with Gasteiger partial charge in [0.1, 0.15) is 11.2 Å². The predicted molar refractivity (Wildman–Crippen MR) is 104 cm³/mol. The van der Waals surface area contributed by atoms with Gasteiger partial charge in [0.25, 0.3) is 0 Å². The number of carbonyl (C=O) groups is 1. The van der Waals surface area contributed by atoms with Crippen molar-refractivity contribution in [3.63, 3.8) is 0 Å². The second-order valence-corrected chi connectivity index (χ2v) is 6.82. The molecule has 0 aliphatic carbocycles. The molecule has 3 heterocycles. The minimum atomic E-state index is -0.934. The lowest BCUT2D eigenvalue weighted by Gasteiger charge is -2.19.